The Morgan fingerprint density at radius 1 is 0.659 bits per heavy atom. The summed E-state index contributed by atoms with van der Waals surface area (Å²) in [6.45, 7) is 3.64. The Balaban J connectivity index is 0.000000175. The van der Waals surface area contributed by atoms with Gasteiger partial charge >= 0.3 is 0 Å². The summed E-state index contributed by atoms with van der Waals surface area (Å²) in [4.78, 5) is 8.66. The van der Waals surface area contributed by atoms with Crippen LogP contribution in [0.4, 0.5) is 5.82 Å². The molecule has 2 aromatic carbocycles. The maximum absolute atomic E-state index is 12.9. The molecule has 0 amide bonds. The van der Waals surface area contributed by atoms with Crippen LogP contribution in [0.15, 0.2) is 92.4 Å². The molecule has 0 aliphatic heterocycles. The number of fused-ring (bicyclic) bond motifs is 2. The van der Waals surface area contributed by atoms with E-state index in [-0.39, 0.29) is 52.2 Å². The van der Waals surface area contributed by atoms with Gasteiger partial charge in [0.2, 0.25) is 19.7 Å². The van der Waals surface area contributed by atoms with E-state index < -0.39 is 19.7 Å². The number of rotatable bonds is 6. The lowest BCUT2D eigenvalue weighted by Gasteiger charge is -2.05. The van der Waals surface area contributed by atoms with E-state index in [4.69, 9.17) is 40.5 Å². The lowest BCUT2D eigenvalue weighted by molar-refractivity contribution is 0.594. The highest BCUT2D eigenvalue weighted by Crippen LogP contribution is 2.31. The van der Waals surface area contributed by atoms with Crippen molar-refractivity contribution in [3.8, 4) is 0 Å². The molecule has 11 nitrogen and oxygen atoms in total. The fourth-order valence-electron chi connectivity index (χ4n) is 4.46. The van der Waals surface area contributed by atoms with E-state index in [1.807, 2.05) is 13.8 Å². The minimum Gasteiger partial charge on any atom is -0.383 e. The fraction of sp³-hybridized carbons (Fsp3) is 0.143. The fourth-order valence-corrected chi connectivity index (χ4v) is 8.35. The summed E-state index contributed by atoms with van der Waals surface area (Å²) in [5.74, 6) is 0.235. The third kappa shape index (κ3) is 5.73. The molecule has 16 heteroatoms. The van der Waals surface area contributed by atoms with Gasteiger partial charge in [-0.3, -0.25) is 0 Å². The molecule has 0 spiro atoms. The van der Waals surface area contributed by atoms with Gasteiger partial charge in [0.1, 0.15) is 31.1 Å². The molecule has 4 heterocycles. The second kappa shape index (κ2) is 12.3. The Bertz CT molecular complexity index is 2060. The maximum Gasteiger partial charge on any atom is 0.212 e. The number of halogens is 3. The molecule has 228 valence electrons. The van der Waals surface area contributed by atoms with Crippen LogP contribution in [-0.4, -0.2) is 46.0 Å². The zero-order chi connectivity index (χ0) is 31.8. The molecule has 0 atom stereocenters. The molecule has 6 rings (SSSR count). The van der Waals surface area contributed by atoms with Gasteiger partial charge in [-0.2, -0.15) is 14.7 Å². The van der Waals surface area contributed by atoms with Gasteiger partial charge in [0.05, 0.1) is 21.2 Å². The van der Waals surface area contributed by atoms with Crippen LogP contribution >= 0.6 is 34.8 Å². The molecule has 44 heavy (non-hydrogen) atoms. The van der Waals surface area contributed by atoms with Crippen molar-refractivity contribution in [1.82, 2.24) is 29.2 Å². The molecule has 0 saturated carbocycles. The number of nitrogens with two attached hydrogens (primary N) is 1. The van der Waals surface area contributed by atoms with Crippen molar-refractivity contribution in [2.24, 2.45) is 0 Å². The number of nitrogens with zero attached hydrogens (tertiary/aromatic N) is 6. The first-order valence-corrected chi connectivity index (χ1v) is 17.2. The number of anilines is 1. The van der Waals surface area contributed by atoms with Crippen molar-refractivity contribution in [2.45, 2.75) is 46.3 Å². The SMILES string of the molecule is CCc1nn2c(Cl)cc(Cl)nc2c1S(=O)(=O)c1ccccc1.CCc1nn2c(N)cc(Cl)nc2c1S(=O)(=O)c1ccccc1. The van der Waals surface area contributed by atoms with Crippen molar-refractivity contribution in [3.05, 3.63) is 99.6 Å². The zero-order valence-electron chi connectivity index (χ0n) is 23.2. The molecule has 4 aromatic heterocycles. The Morgan fingerprint density at radius 2 is 1.07 bits per heavy atom. The molecule has 2 N–H and O–H groups in total. The predicted molar refractivity (Wildman–Crippen MR) is 168 cm³/mol. The summed E-state index contributed by atoms with van der Waals surface area (Å²) < 4.78 is 54.3. The van der Waals surface area contributed by atoms with Gasteiger partial charge in [0.15, 0.2) is 11.3 Å². The van der Waals surface area contributed by atoms with E-state index in [1.165, 1.54) is 45.4 Å². The Morgan fingerprint density at radius 3 is 1.52 bits per heavy atom. The number of benzene rings is 2. The molecule has 0 radical (unpaired) electrons. The number of aromatic nitrogens is 6. The van der Waals surface area contributed by atoms with Gasteiger partial charge in [-0.05, 0) is 37.1 Å². The maximum atomic E-state index is 12.9. The Hall–Kier alpha value is -3.75. The summed E-state index contributed by atoms with van der Waals surface area (Å²) >= 11 is 17.9. The van der Waals surface area contributed by atoms with Gasteiger partial charge in [-0.1, -0.05) is 85.0 Å². The second-order valence-corrected chi connectivity index (χ2v) is 14.2. The minimum absolute atomic E-state index is 0.0469. The third-order valence-corrected chi connectivity index (χ3v) is 10.8. The van der Waals surface area contributed by atoms with E-state index in [2.05, 4.69) is 20.2 Å². The Labute approximate surface area is 268 Å². The highest BCUT2D eigenvalue weighted by Gasteiger charge is 2.30. The average Bonchev–Trinajstić information content (AvgIpc) is 3.58. The normalized spacial score (nSPS) is 11.9. The molecular weight excluding hydrogens is 669 g/mol. The van der Waals surface area contributed by atoms with E-state index in [9.17, 15) is 16.8 Å². The Kier molecular flexibility index (Phi) is 8.87. The summed E-state index contributed by atoms with van der Waals surface area (Å²) in [7, 11) is -7.52. The van der Waals surface area contributed by atoms with Crippen molar-refractivity contribution < 1.29 is 16.8 Å². The molecule has 0 fully saturated rings. The molecule has 0 saturated heterocycles. The summed E-state index contributed by atoms with van der Waals surface area (Å²) in [6.07, 6.45) is 0.862. The van der Waals surface area contributed by atoms with Crippen LogP contribution in [-0.2, 0) is 32.5 Å². The number of hydrogen-bond donors (Lipinski definition) is 1. The quantitative estimate of drug-likeness (QED) is 0.214. The summed E-state index contributed by atoms with van der Waals surface area (Å²) in [5.41, 5.74) is 6.95. The second-order valence-electron chi connectivity index (χ2n) is 9.27. The van der Waals surface area contributed by atoms with Crippen LogP contribution in [0.25, 0.3) is 11.3 Å². The highest BCUT2D eigenvalue weighted by atomic mass is 35.5. The first-order chi connectivity index (χ1) is 20.9. The number of sulfone groups is 2. The first kappa shape index (κ1) is 31.7. The molecule has 0 bridgehead atoms. The van der Waals surface area contributed by atoms with Crippen molar-refractivity contribution in [3.63, 3.8) is 0 Å². The van der Waals surface area contributed by atoms with Crippen LogP contribution in [0.1, 0.15) is 25.2 Å². The molecule has 0 unspecified atom stereocenters. The van der Waals surface area contributed by atoms with Gasteiger partial charge < -0.3 is 5.73 Å². The monoisotopic (exact) mass is 691 g/mol. The topological polar surface area (TPSA) is 155 Å². The zero-order valence-corrected chi connectivity index (χ0v) is 27.1. The molecular formula is C28H24Cl3N7O4S2. The van der Waals surface area contributed by atoms with E-state index in [0.29, 0.717) is 24.2 Å². The average molecular weight is 693 g/mol. The van der Waals surface area contributed by atoms with Gasteiger partial charge in [-0.15, -0.1) is 0 Å². The van der Waals surface area contributed by atoms with Crippen LogP contribution in [0.2, 0.25) is 15.5 Å². The van der Waals surface area contributed by atoms with E-state index >= 15 is 0 Å². The lowest BCUT2D eigenvalue weighted by Crippen LogP contribution is -2.05. The minimum atomic E-state index is -3.76. The van der Waals surface area contributed by atoms with Crippen LogP contribution in [0.5, 0.6) is 0 Å². The van der Waals surface area contributed by atoms with Crippen molar-refractivity contribution in [2.75, 3.05) is 5.73 Å². The molecule has 0 aliphatic carbocycles. The number of nitrogen functional groups attached to an aromatic ring is 1. The summed E-state index contributed by atoms with van der Waals surface area (Å²) in [6, 6.07) is 19.1. The van der Waals surface area contributed by atoms with Crippen LogP contribution < -0.4 is 5.73 Å². The largest absolute Gasteiger partial charge is 0.383 e. The van der Waals surface area contributed by atoms with Gasteiger partial charge in [0, 0.05) is 12.1 Å². The van der Waals surface area contributed by atoms with E-state index in [0.717, 1.165) is 0 Å². The first-order valence-electron chi connectivity index (χ1n) is 13.1. The highest BCUT2D eigenvalue weighted by molar-refractivity contribution is 7.92. The van der Waals surface area contributed by atoms with Gasteiger partial charge in [-0.25, -0.2) is 31.3 Å². The molecule has 0 aliphatic rings. The smallest absolute Gasteiger partial charge is 0.212 e. The van der Waals surface area contributed by atoms with Gasteiger partial charge in [0.25, 0.3) is 0 Å². The number of aryl methyl sites for hydroxylation is 2. The third-order valence-electron chi connectivity index (χ3n) is 6.46. The lowest BCUT2D eigenvalue weighted by atomic mass is 10.3. The van der Waals surface area contributed by atoms with Crippen molar-refractivity contribution in [1.29, 1.82) is 0 Å². The predicted octanol–water partition coefficient (Wildman–Crippen LogP) is 5.79. The van der Waals surface area contributed by atoms with Crippen LogP contribution in [0, 0.1) is 0 Å². The molecule has 6 aromatic rings. The standard InChI is InChI=1S/C14H11Cl2N3O2S.C14H13ClN4O2S/c2*1-2-10-13(22(20,21)9-6-4-3-5-7-9)14-17-11(15)8-12(16)19(14)18-10/h3-8H,2H2,1H3;3-8H,2,16H2,1H3. The van der Waals surface area contributed by atoms with E-state index in [1.54, 1.807) is 36.4 Å². The van der Waals surface area contributed by atoms with Crippen molar-refractivity contribution >= 4 is 71.6 Å². The number of hydrogen-bond acceptors (Lipinski definition) is 9. The van der Waals surface area contributed by atoms with Crippen LogP contribution in [0.3, 0.4) is 0 Å². The summed E-state index contributed by atoms with van der Waals surface area (Å²) in [5, 5.41) is 8.95.